The van der Waals surface area contributed by atoms with Crippen molar-refractivity contribution in [2.24, 2.45) is 11.8 Å². The number of alkyl halides is 3. The highest BCUT2D eigenvalue weighted by Gasteiger charge is 2.31. The SMILES string of the molecule is CC(C)CC(CNC1CCC(c2cccc(C(F)(F)F)c2)CC1)C(=O)O. The van der Waals surface area contributed by atoms with Crippen LogP contribution in [-0.4, -0.2) is 23.7 Å². The molecule has 1 atom stereocenters. The van der Waals surface area contributed by atoms with E-state index >= 15 is 0 Å². The Hall–Kier alpha value is -1.56. The van der Waals surface area contributed by atoms with Crippen LogP contribution in [0.25, 0.3) is 0 Å². The Morgan fingerprint density at radius 3 is 2.42 bits per heavy atom. The quantitative estimate of drug-likeness (QED) is 0.704. The molecule has 1 aromatic rings. The maximum absolute atomic E-state index is 12.9. The molecule has 6 heteroatoms. The average Bonchev–Trinajstić information content (AvgIpc) is 2.58. The topological polar surface area (TPSA) is 49.3 Å². The fraction of sp³-hybridized carbons (Fsp3) is 0.650. The Morgan fingerprint density at radius 2 is 1.88 bits per heavy atom. The van der Waals surface area contributed by atoms with E-state index in [0.29, 0.717) is 18.9 Å². The van der Waals surface area contributed by atoms with Crippen LogP contribution in [0.5, 0.6) is 0 Å². The number of halogens is 3. The van der Waals surface area contributed by atoms with Crippen molar-refractivity contribution >= 4 is 5.97 Å². The molecule has 0 amide bonds. The van der Waals surface area contributed by atoms with Crippen molar-refractivity contribution in [1.29, 1.82) is 0 Å². The monoisotopic (exact) mass is 371 g/mol. The van der Waals surface area contributed by atoms with Gasteiger partial charge in [-0.25, -0.2) is 0 Å². The van der Waals surface area contributed by atoms with Crippen LogP contribution in [0.2, 0.25) is 0 Å². The fourth-order valence-corrected chi connectivity index (χ4v) is 3.75. The summed E-state index contributed by atoms with van der Waals surface area (Å²) in [7, 11) is 0. The minimum absolute atomic E-state index is 0.140. The number of hydrogen-bond acceptors (Lipinski definition) is 2. The van der Waals surface area contributed by atoms with Gasteiger partial charge in [-0.15, -0.1) is 0 Å². The molecule has 0 saturated heterocycles. The van der Waals surface area contributed by atoms with Crippen LogP contribution in [0.4, 0.5) is 13.2 Å². The zero-order valence-electron chi connectivity index (χ0n) is 15.4. The van der Waals surface area contributed by atoms with Crippen LogP contribution in [0, 0.1) is 11.8 Å². The second-order valence-corrected chi connectivity index (χ2v) is 7.74. The number of carboxylic acids is 1. The van der Waals surface area contributed by atoms with Gasteiger partial charge in [-0.1, -0.05) is 32.0 Å². The third-order valence-corrected chi connectivity index (χ3v) is 5.17. The average molecular weight is 371 g/mol. The zero-order valence-corrected chi connectivity index (χ0v) is 15.4. The van der Waals surface area contributed by atoms with Gasteiger partial charge >= 0.3 is 12.1 Å². The Labute approximate surface area is 153 Å². The van der Waals surface area contributed by atoms with E-state index in [-0.39, 0.29) is 12.0 Å². The normalized spacial score (nSPS) is 22.4. The molecule has 1 saturated carbocycles. The number of rotatable bonds is 7. The van der Waals surface area contributed by atoms with Crippen molar-refractivity contribution in [3.8, 4) is 0 Å². The number of carboxylic acid groups (broad SMARTS) is 1. The van der Waals surface area contributed by atoms with Crippen molar-refractivity contribution in [3.05, 3.63) is 35.4 Å². The predicted octanol–water partition coefficient (Wildman–Crippen LogP) is 5.07. The van der Waals surface area contributed by atoms with Gasteiger partial charge in [-0.05, 0) is 55.6 Å². The summed E-state index contributed by atoms with van der Waals surface area (Å²) in [5.41, 5.74) is 0.162. The molecule has 0 radical (unpaired) electrons. The van der Waals surface area contributed by atoms with E-state index in [2.05, 4.69) is 5.32 Å². The second-order valence-electron chi connectivity index (χ2n) is 7.74. The summed E-state index contributed by atoms with van der Waals surface area (Å²) in [6, 6.07) is 5.87. The minimum atomic E-state index is -4.31. The maximum Gasteiger partial charge on any atom is 0.416 e. The lowest BCUT2D eigenvalue weighted by Crippen LogP contribution is -2.38. The fourth-order valence-electron chi connectivity index (χ4n) is 3.75. The molecule has 1 aliphatic carbocycles. The number of hydrogen-bond donors (Lipinski definition) is 2. The van der Waals surface area contributed by atoms with Gasteiger partial charge in [-0.2, -0.15) is 13.2 Å². The Bertz CT molecular complexity index is 593. The van der Waals surface area contributed by atoms with E-state index in [1.807, 2.05) is 13.8 Å². The molecule has 1 unspecified atom stereocenters. The molecule has 0 bridgehead atoms. The lowest BCUT2D eigenvalue weighted by molar-refractivity contribution is -0.142. The summed E-state index contributed by atoms with van der Waals surface area (Å²) in [6.07, 6.45) is -0.315. The summed E-state index contributed by atoms with van der Waals surface area (Å²) in [5, 5.41) is 12.7. The summed E-state index contributed by atoms with van der Waals surface area (Å²) in [5.74, 6) is -0.698. The van der Waals surface area contributed by atoms with E-state index in [1.54, 1.807) is 6.07 Å². The van der Waals surface area contributed by atoms with Gasteiger partial charge in [0.1, 0.15) is 0 Å². The van der Waals surface area contributed by atoms with Crippen molar-refractivity contribution in [2.45, 2.75) is 64.1 Å². The third-order valence-electron chi connectivity index (χ3n) is 5.17. The van der Waals surface area contributed by atoms with Crippen LogP contribution in [0.15, 0.2) is 24.3 Å². The van der Waals surface area contributed by atoms with Gasteiger partial charge in [0.25, 0.3) is 0 Å². The lowest BCUT2D eigenvalue weighted by atomic mass is 9.81. The van der Waals surface area contributed by atoms with Crippen LogP contribution < -0.4 is 5.32 Å². The first-order valence-electron chi connectivity index (χ1n) is 9.30. The van der Waals surface area contributed by atoms with E-state index in [4.69, 9.17) is 0 Å². The highest BCUT2D eigenvalue weighted by Crippen LogP contribution is 2.36. The first kappa shape index (κ1) is 20.7. The van der Waals surface area contributed by atoms with Crippen molar-refractivity contribution in [3.63, 3.8) is 0 Å². The van der Waals surface area contributed by atoms with Crippen LogP contribution in [0.1, 0.15) is 63.0 Å². The number of carbonyl (C=O) groups is 1. The number of benzene rings is 1. The zero-order chi connectivity index (χ0) is 19.3. The van der Waals surface area contributed by atoms with Crippen LogP contribution in [-0.2, 0) is 11.0 Å². The second kappa shape index (κ2) is 8.89. The van der Waals surface area contributed by atoms with Gasteiger partial charge in [0.05, 0.1) is 11.5 Å². The van der Waals surface area contributed by atoms with Crippen molar-refractivity contribution < 1.29 is 23.1 Å². The molecule has 146 valence electrons. The predicted molar refractivity (Wildman–Crippen MR) is 95.0 cm³/mol. The smallest absolute Gasteiger partial charge is 0.416 e. The highest BCUT2D eigenvalue weighted by atomic mass is 19.4. The van der Waals surface area contributed by atoms with E-state index in [0.717, 1.165) is 37.3 Å². The summed E-state index contributed by atoms with van der Waals surface area (Å²) < 4.78 is 38.6. The molecule has 0 heterocycles. The largest absolute Gasteiger partial charge is 0.481 e. The van der Waals surface area contributed by atoms with Crippen molar-refractivity contribution in [1.82, 2.24) is 5.32 Å². The third kappa shape index (κ3) is 6.01. The first-order chi connectivity index (χ1) is 12.2. The molecular weight excluding hydrogens is 343 g/mol. The molecular formula is C20H28F3NO2. The number of aliphatic carboxylic acids is 1. The van der Waals surface area contributed by atoms with Crippen LogP contribution >= 0.6 is 0 Å². The van der Waals surface area contributed by atoms with Gasteiger partial charge < -0.3 is 10.4 Å². The van der Waals surface area contributed by atoms with Gasteiger partial charge in [0.2, 0.25) is 0 Å². The maximum atomic E-state index is 12.9. The minimum Gasteiger partial charge on any atom is -0.481 e. The molecule has 26 heavy (non-hydrogen) atoms. The highest BCUT2D eigenvalue weighted by molar-refractivity contribution is 5.70. The van der Waals surface area contributed by atoms with Crippen molar-refractivity contribution in [2.75, 3.05) is 6.54 Å². The Kier molecular flexibility index (Phi) is 7.09. The molecule has 1 fully saturated rings. The molecule has 2 N–H and O–H groups in total. The molecule has 1 aliphatic rings. The summed E-state index contributed by atoms with van der Waals surface area (Å²) in [6.45, 7) is 4.47. The number of nitrogens with one attached hydrogen (secondary N) is 1. The van der Waals surface area contributed by atoms with E-state index < -0.39 is 23.6 Å². The van der Waals surface area contributed by atoms with E-state index in [9.17, 15) is 23.1 Å². The standard InChI is InChI=1S/C20H28F3NO2/c1-13(2)10-16(19(25)26)12-24-18-8-6-14(7-9-18)15-4-3-5-17(11-15)20(21,22)23/h3-5,11,13-14,16,18,24H,6-10,12H2,1-2H3,(H,25,26). The molecule has 1 aromatic carbocycles. The molecule has 0 aliphatic heterocycles. The Morgan fingerprint density at radius 1 is 1.23 bits per heavy atom. The molecule has 0 aromatic heterocycles. The lowest BCUT2D eigenvalue weighted by Gasteiger charge is -2.30. The summed E-state index contributed by atoms with van der Waals surface area (Å²) in [4.78, 5) is 11.3. The van der Waals surface area contributed by atoms with Crippen LogP contribution in [0.3, 0.4) is 0 Å². The summed E-state index contributed by atoms with van der Waals surface area (Å²) >= 11 is 0. The molecule has 2 rings (SSSR count). The molecule has 0 spiro atoms. The van der Waals surface area contributed by atoms with E-state index in [1.165, 1.54) is 12.1 Å². The van der Waals surface area contributed by atoms with Gasteiger partial charge in [0.15, 0.2) is 0 Å². The molecule has 3 nitrogen and oxygen atoms in total. The first-order valence-corrected chi connectivity index (χ1v) is 9.30. The Balaban J connectivity index is 1.86. The van der Waals surface area contributed by atoms with Gasteiger partial charge in [0, 0.05) is 12.6 Å². The van der Waals surface area contributed by atoms with Gasteiger partial charge in [-0.3, -0.25) is 4.79 Å².